The Morgan fingerprint density at radius 2 is 2.11 bits per heavy atom. The molecule has 5 heteroatoms. The lowest BCUT2D eigenvalue weighted by Crippen LogP contribution is -2.34. The molecule has 1 saturated heterocycles. The van der Waals surface area contributed by atoms with E-state index in [-0.39, 0.29) is 17.9 Å². The fraction of sp³-hybridized carbons (Fsp3) is 0.385. The third-order valence-electron chi connectivity index (χ3n) is 3.01. The summed E-state index contributed by atoms with van der Waals surface area (Å²) < 4.78 is 5.03. The normalized spacial score (nSPS) is 18.9. The van der Waals surface area contributed by atoms with Crippen molar-refractivity contribution >= 4 is 17.6 Å². The second-order valence-corrected chi connectivity index (χ2v) is 4.28. The molecule has 0 aliphatic carbocycles. The number of nitrogens with zero attached hydrogens (tertiary/aromatic N) is 1. The van der Waals surface area contributed by atoms with Gasteiger partial charge in [-0.1, -0.05) is 0 Å². The van der Waals surface area contributed by atoms with E-state index in [2.05, 4.69) is 0 Å². The van der Waals surface area contributed by atoms with Crippen molar-refractivity contribution in [3.63, 3.8) is 0 Å². The molecule has 5 nitrogen and oxygen atoms in total. The summed E-state index contributed by atoms with van der Waals surface area (Å²) in [5, 5.41) is 0. The number of anilines is 1. The SMILES string of the molecule is CC(=O)c1ccc(N2C(=O)OCC2CCN)cc1. The van der Waals surface area contributed by atoms with Crippen molar-refractivity contribution < 1.29 is 14.3 Å². The summed E-state index contributed by atoms with van der Waals surface area (Å²) in [4.78, 5) is 24.5. The predicted octanol–water partition coefficient (Wildman–Crippen LogP) is 1.56. The second-order valence-electron chi connectivity index (χ2n) is 4.28. The molecule has 0 aromatic heterocycles. The van der Waals surface area contributed by atoms with Crippen LogP contribution in [-0.4, -0.2) is 31.1 Å². The first-order valence-electron chi connectivity index (χ1n) is 5.90. The fourth-order valence-corrected chi connectivity index (χ4v) is 2.04. The van der Waals surface area contributed by atoms with Crippen LogP contribution < -0.4 is 10.6 Å². The maximum atomic E-state index is 11.7. The van der Waals surface area contributed by atoms with Crippen LogP contribution in [0.4, 0.5) is 10.5 Å². The van der Waals surface area contributed by atoms with Crippen molar-refractivity contribution in [1.29, 1.82) is 0 Å². The number of carbonyl (C=O) groups is 2. The number of hydrogen-bond donors (Lipinski definition) is 1. The summed E-state index contributed by atoms with van der Waals surface area (Å²) >= 11 is 0. The molecular weight excluding hydrogens is 232 g/mol. The molecule has 0 bridgehead atoms. The Labute approximate surface area is 106 Å². The van der Waals surface area contributed by atoms with Crippen LogP contribution in [0, 0.1) is 0 Å². The Balaban J connectivity index is 2.23. The number of amides is 1. The number of benzene rings is 1. The lowest BCUT2D eigenvalue weighted by Gasteiger charge is -2.20. The average molecular weight is 248 g/mol. The summed E-state index contributed by atoms with van der Waals surface area (Å²) in [6.45, 7) is 2.38. The second kappa shape index (κ2) is 5.18. The number of hydrogen-bond acceptors (Lipinski definition) is 4. The van der Waals surface area contributed by atoms with Gasteiger partial charge in [0.2, 0.25) is 0 Å². The molecule has 0 spiro atoms. The quantitative estimate of drug-likeness (QED) is 0.821. The van der Waals surface area contributed by atoms with Gasteiger partial charge in [-0.25, -0.2) is 4.79 Å². The maximum absolute atomic E-state index is 11.7. The summed E-state index contributed by atoms with van der Waals surface area (Å²) in [6, 6.07) is 6.91. The first-order valence-corrected chi connectivity index (χ1v) is 5.90. The molecule has 1 aliphatic heterocycles. The largest absolute Gasteiger partial charge is 0.447 e. The van der Waals surface area contributed by atoms with Crippen LogP contribution in [0.5, 0.6) is 0 Å². The Kier molecular flexibility index (Phi) is 3.62. The van der Waals surface area contributed by atoms with Gasteiger partial charge in [-0.05, 0) is 44.2 Å². The molecule has 18 heavy (non-hydrogen) atoms. The van der Waals surface area contributed by atoms with E-state index >= 15 is 0 Å². The highest BCUT2D eigenvalue weighted by atomic mass is 16.6. The highest BCUT2D eigenvalue weighted by molar-refractivity contribution is 5.95. The zero-order valence-electron chi connectivity index (χ0n) is 10.3. The van der Waals surface area contributed by atoms with Crippen molar-refractivity contribution in [2.45, 2.75) is 19.4 Å². The average Bonchev–Trinajstić information content (AvgIpc) is 2.71. The molecule has 1 atom stereocenters. The third-order valence-corrected chi connectivity index (χ3v) is 3.01. The molecule has 1 unspecified atom stereocenters. The molecule has 1 heterocycles. The van der Waals surface area contributed by atoms with Crippen LogP contribution in [0.15, 0.2) is 24.3 Å². The first-order chi connectivity index (χ1) is 8.63. The smallest absolute Gasteiger partial charge is 0.414 e. The Bertz CT molecular complexity index is 456. The minimum Gasteiger partial charge on any atom is -0.447 e. The van der Waals surface area contributed by atoms with E-state index in [0.717, 1.165) is 5.69 Å². The molecule has 0 saturated carbocycles. The molecule has 0 radical (unpaired) electrons. The molecule has 2 rings (SSSR count). The first kappa shape index (κ1) is 12.6. The monoisotopic (exact) mass is 248 g/mol. The molecule has 1 fully saturated rings. The van der Waals surface area contributed by atoms with Crippen molar-refractivity contribution in [2.24, 2.45) is 5.73 Å². The van der Waals surface area contributed by atoms with Gasteiger partial charge in [0, 0.05) is 11.3 Å². The van der Waals surface area contributed by atoms with E-state index in [1.807, 2.05) is 0 Å². The zero-order valence-corrected chi connectivity index (χ0v) is 10.3. The molecule has 1 amide bonds. The fourth-order valence-electron chi connectivity index (χ4n) is 2.04. The molecular formula is C13H16N2O3. The van der Waals surface area contributed by atoms with Crippen LogP contribution >= 0.6 is 0 Å². The van der Waals surface area contributed by atoms with Crippen molar-refractivity contribution in [2.75, 3.05) is 18.1 Å². The summed E-state index contributed by atoms with van der Waals surface area (Å²) in [7, 11) is 0. The minimum absolute atomic E-state index is 0.00376. The Morgan fingerprint density at radius 1 is 1.44 bits per heavy atom. The third kappa shape index (κ3) is 2.36. The van der Waals surface area contributed by atoms with Gasteiger partial charge < -0.3 is 10.5 Å². The number of Topliss-reactive ketones (excluding diaryl/α,β-unsaturated/α-hetero) is 1. The van der Waals surface area contributed by atoms with Crippen molar-refractivity contribution in [3.05, 3.63) is 29.8 Å². The number of rotatable bonds is 4. The molecule has 1 aromatic rings. The number of ketones is 1. The Morgan fingerprint density at radius 3 is 2.67 bits per heavy atom. The van der Waals surface area contributed by atoms with E-state index < -0.39 is 0 Å². The van der Waals surface area contributed by atoms with Crippen LogP contribution in [0.3, 0.4) is 0 Å². The Hall–Kier alpha value is -1.88. The van der Waals surface area contributed by atoms with Crippen LogP contribution in [0.25, 0.3) is 0 Å². The van der Waals surface area contributed by atoms with E-state index in [9.17, 15) is 9.59 Å². The molecule has 1 aromatic carbocycles. The van der Waals surface area contributed by atoms with Gasteiger partial charge in [-0.15, -0.1) is 0 Å². The van der Waals surface area contributed by atoms with Crippen molar-refractivity contribution in [1.82, 2.24) is 0 Å². The number of nitrogens with two attached hydrogens (primary N) is 1. The van der Waals surface area contributed by atoms with Gasteiger partial charge in [-0.2, -0.15) is 0 Å². The van der Waals surface area contributed by atoms with Gasteiger partial charge in [0.05, 0.1) is 6.04 Å². The lowest BCUT2D eigenvalue weighted by atomic mass is 10.1. The van der Waals surface area contributed by atoms with Crippen LogP contribution in [0.2, 0.25) is 0 Å². The topological polar surface area (TPSA) is 72.6 Å². The van der Waals surface area contributed by atoms with E-state index in [4.69, 9.17) is 10.5 Å². The number of ether oxygens (including phenoxy) is 1. The van der Waals surface area contributed by atoms with Gasteiger partial charge in [-0.3, -0.25) is 9.69 Å². The van der Waals surface area contributed by atoms with Gasteiger partial charge in [0.25, 0.3) is 0 Å². The number of carbonyl (C=O) groups excluding carboxylic acids is 2. The summed E-state index contributed by atoms with van der Waals surface area (Å²) in [5.41, 5.74) is 6.88. The van der Waals surface area contributed by atoms with Crippen LogP contribution in [0.1, 0.15) is 23.7 Å². The summed E-state index contributed by atoms with van der Waals surface area (Å²) in [6.07, 6.45) is 0.337. The van der Waals surface area contributed by atoms with Gasteiger partial charge in [0.15, 0.2) is 5.78 Å². The maximum Gasteiger partial charge on any atom is 0.414 e. The molecule has 1 aliphatic rings. The van der Waals surface area contributed by atoms with E-state index in [1.165, 1.54) is 6.92 Å². The zero-order chi connectivity index (χ0) is 13.1. The standard InChI is InChI=1S/C13H16N2O3/c1-9(16)10-2-4-11(5-3-10)15-12(6-7-14)8-18-13(15)17/h2-5,12H,6-8,14H2,1H3. The van der Waals surface area contributed by atoms with Crippen LogP contribution in [-0.2, 0) is 4.74 Å². The lowest BCUT2D eigenvalue weighted by molar-refractivity contribution is 0.101. The van der Waals surface area contributed by atoms with Crippen molar-refractivity contribution in [3.8, 4) is 0 Å². The van der Waals surface area contributed by atoms with E-state index in [0.29, 0.717) is 25.1 Å². The predicted molar refractivity (Wildman–Crippen MR) is 67.7 cm³/mol. The summed E-state index contributed by atoms with van der Waals surface area (Å²) in [5.74, 6) is 0.00376. The number of cyclic esters (lactones) is 1. The highest BCUT2D eigenvalue weighted by Crippen LogP contribution is 2.24. The minimum atomic E-state index is -0.357. The van der Waals surface area contributed by atoms with Gasteiger partial charge >= 0.3 is 6.09 Å². The van der Waals surface area contributed by atoms with E-state index in [1.54, 1.807) is 29.2 Å². The molecule has 2 N–H and O–H groups in total. The highest BCUT2D eigenvalue weighted by Gasteiger charge is 2.33. The van der Waals surface area contributed by atoms with Gasteiger partial charge in [0.1, 0.15) is 6.61 Å². The molecule has 96 valence electrons.